The summed E-state index contributed by atoms with van der Waals surface area (Å²) >= 11 is 0. The maximum Gasteiger partial charge on any atom is 0.253 e. The molecule has 2 saturated heterocycles. The predicted molar refractivity (Wildman–Crippen MR) is 106 cm³/mol. The number of piperidine rings is 1. The van der Waals surface area contributed by atoms with Gasteiger partial charge >= 0.3 is 0 Å². The lowest BCUT2D eigenvalue weighted by Crippen LogP contribution is -2.41. The van der Waals surface area contributed by atoms with Gasteiger partial charge in [0.25, 0.3) is 5.91 Å². The number of hydrogen-bond donors (Lipinski definition) is 2. The summed E-state index contributed by atoms with van der Waals surface area (Å²) in [5.74, 6) is -0.716. The monoisotopic (exact) mass is 409 g/mol. The first kappa shape index (κ1) is 20.8. The van der Waals surface area contributed by atoms with Gasteiger partial charge in [-0.2, -0.15) is 0 Å². The third-order valence-corrected chi connectivity index (χ3v) is 6.54. The average molecular weight is 410 g/mol. The van der Waals surface area contributed by atoms with Gasteiger partial charge in [-0.25, -0.2) is 12.7 Å². The molecule has 0 unspecified atom stereocenters. The van der Waals surface area contributed by atoms with Gasteiger partial charge in [0.15, 0.2) is 0 Å². The number of hydrogen-bond acceptors (Lipinski definition) is 5. The van der Waals surface area contributed by atoms with Crippen molar-refractivity contribution in [2.75, 3.05) is 37.8 Å². The number of rotatable bonds is 6. The van der Waals surface area contributed by atoms with Gasteiger partial charge in [0.2, 0.25) is 15.9 Å². The summed E-state index contributed by atoms with van der Waals surface area (Å²) in [6, 6.07) is 6.89. The fourth-order valence-corrected chi connectivity index (χ4v) is 4.46. The molecule has 0 radical (unpaired) electrons. The van der Waals surface area contributed by atoms with Crippen LogP contribution in [0, 0.1) is 5.92 Å². The van der Waals surface area contributed by atoms with Crippen LogP contribution >= 0.6 is 0 Å². The van der Waals surface area contributed by atoms with Crippen molar-refractivity contribution in [1.82, 2.24) is 9.62 Å². The van der Waals surface area contributed by atoms with E-state index in [4.69, 9.17) is 4.74 Å². The third kappa shape index (κ3) is 5.30. The number of carbonyl (C=O) groups is 2. The van der Waals surface area contributed by atoms with Crippen LogP contribution < -0.4 is 10.6 Å². The quantitative estimate of drug-likeness (QED) is 0.735. The van der Waals surface area contributed by atoms with Gasteiger partial charge in [-0.1, -0.05) is 12.1 Å². The van der Waals surface area contributed by atoms with E-state index in [0.717, 1.165) is 19.4 Å². The number of para-hydroxylation sites is 1. The van der Waals surface area contributed by atoms with Crippen LogP contribution in [0.5, 0.6) is 0 Å². The number of anilines is 1. The van der Waals surface area contributed by atoms with E-state index in [1.165, 1.54) is 10.6 Å². The molecule has 0 aromatic heterocycles. The smallest absolute Gasteiger partial charge is 0.253 e. The normalized spacial score (nSPS) is 21.4. The van der Waals surface area contributed by atoms with Crippen molar-refractivity contribution >= 4 is 27.5 Å². The van der Waals surface area contributed by atoms with Crippen LogP contribution in [0.15, 0.2) is 24.3 Å². The second-order valence-electron chi connectivity index (χ2n) is 7.32. The van der Waals surface area contributed by atoms with E-state index in [-0.39, 0.29) is 23.8 Å². The van der Waals surface area contributed by atoms with Crippen LogP contribution in [0.4, 0.5) is 5.69 Å². The summed E-state index contributed by atoms with van der Waals surface area (Å²) in [4.78, 5) is 25.2. The molecular formula is C19H27N3O5S. The van der Waals surface area contributed by atoms with Crippen molar-refractivity contribution in [1.29, 1.82) is 0 Å². The molecule has 1 aromatic rings. The van der Waals surface area contributed by atoms with Gasteiger partial charge in [-0.15, -0.1) is 0 Å². The van der Waals surface area contributed by atoms with Crippen molar-refractivity contribution in [3.8, 4) is 0 Å². The van der Waals surface area contributed by atoms with Crippen molar-refractivity contribution in [3.05, 3.63) is 29.8 Å². The van der Waals surface area contributed by atoms with Gasteiger partial charge in [0, 0.05) is 32.2 Å². The minimum Gasteiger partial charge on any atom is -0.376 e. The molecule has 1 atom stereocenters. The fraction of sp³-hybridized carbons (Fsp3) is 0.579. The highest BCUT2D eigenvalue weighted by molar-refractivity contribution is 7.88. The molecule has 2 amide bonds. The predicted octanol–water partition coefficient (Wildman–Crippen LogP) is 1.21. The zero-order chi connectivity index (χ0) is 20.1. The molecule has 2 N–H and O–H groups in total. The van der Waals surface area contributed by atoms with Crippen molar-refractivity contribution in [3.63, 3.8) is 0 Å². The standard InChI is InChI=1S/C19H27N3O5S/c1-28(25,26)22-10-8-14(9-11-22)18(23)21-17-7-3-2-6-16(17)19(24)20-13-15-5-4-12-27-15/h2-3,6-7,14-15H,4-5,8-13H2,1H3,(H,20,24)(H,21,23)/t15-/m1/s1. The van der Waals surface area contributed by atoms with E-state index in [1.807, 2.05) is 0 Å². The number of benzene rings is 1. The molecule has 2 heterocycles. The van der Waals surface area contributed by atoms with Crippen LogP contribution in [0.25, 0.3) is 0 Å². The highest BCUT2D eigenvalue weighted by Gasteiger charge is 2.29. The van der Waals surface area contributed by atoms with Crippen LogP contribution in [0.2, 0.25) is 0 Å². The molecular weight excluding hydrogens is 382 g/mol. The Labute approximate surface area is 165 Å². The number of amides is 2. The molecule has 0 spiro atoms. The van der Waals surface area contributed by atoms with Gasteiger partial charge in [0.1, 0.15) is 0 Å². The third-order valence-electron chi connectivity index (χ3n) is 5.24. The lowest BCUT2D eigenvalue weighted by Gasteiger charge is -2.29. The van der Waals surface area contributed by atoms with E-state index in [1.54, 1.807) is 24.3 Å². The molecule has 154 valence electrons. The maximum absolute atomic E-state index is 12.6. The summed E-state index contributed by atoms with van der Waals surface area (Å²) in [7, 11) is -3.23. The zero-order valence-corrected chi connectivity index (χ0v) is 16.8. The number of sulfonamides is 1. The summed E-state index contributed by atoms with van der Waals surface area (Å²) in [6.07, 6.45) is 4.10. The maximum atomic E-state index is 12.6. The molecule has 9 heteroatoms. The molecule has 0 saturated carbocycles. The second-order valence-corrected chi connectivity index (χ2v) is 9.30. The topological polar surface area (TPSA) is 105 Å². The van der Waals surface area contributed by atoms with Gasteiger partial charge < -0.3 is 15.4 Å². The lowest BCUT2D eigenvalue weighted by molar-refractivity contribution is -0.120. The Morgan fingerprint density at radius 1 is 1.18 bits per heavy atom. The zero-order valence-electron chi connectivity index (χ0n) is 16.0. The Balaban J connectivity index is 1.58. The number of nitrogens with one attached hydrogen (secondary N) is 2. The second kappa shape index (κ2) is 9.02. The molecule has 2 aliphatic rings. The Morgan fingerprint density at radius 3 is 2.54 bits per heavy atom. The summed E-state index contributed by atoms with van der Waals surface area (Å²) in [6.45, 7) is 1.84. The average Bonchev–Trinajstić information content (AvgIpc) is 3.19. The van der Waals surface area contributed by atoms with Crippen LogP contribution in [0.3, 0.4) is 0 Å². The summed E-state index contributed by atoms with van der Waals surface area (Å²) < 4.78 is 30.1. The Morgan fingerprint density at radius 2 is 1.89 bits per heavy atom. The fourth-order valence-electron chi connectivity index (χ4n) is 3.58. The molecule has 8 nitrogen and oxygen atoms in total. The largest absolute Gasteiger partial charge is 0.376 e. The van der Waals surface area contributed by atoms with Crippen LogP contribution in [-0.4, -0.2) is 63.1 Å². The van der Waals surface area contributed by atoms with Gasteiger partial charge in [-0.3, -0.25) is 9.59 Å². The Bertz CT molecular complexity index is 813. The molecule has 2 fully saturated rings. The van der Waals surface area contributed by atoms with Crippen molar-refractivity contribution in [2.45, 2.75) is 31.8 Å². The molecule has 3 rings (SSSR count). The SMILES string of the molecule is CS(=O)(=O)N1CCC(C(=O)Nc2ccccc2C(=O)NC[C@H]2CCCO2)CC1. The number of carbonyl (C=O) groups excluding carboxylic acids is 2. The van der Waals surface area contributed by atoms with Crippen molar-refractivity contribution in [2.24, 2.45) is 5.92 Å². The van der Waals surface area contributed by atoms with E-state index in [9.17, 15) is 18.0 Å². The molecule has 1 aromatic carbocycles. The minimum absolute atomic E-state index is 0.0470. The highest BCUT2D eigenvalue weighted by Crippen LogP contribution is 2.22. The van der Waals surface area contributed by atoms with E-state index < -0.39 is 10.0 Å². The van der Waals surface area contributed by atoms with E-state index >= 15 is 0 Å². The van der Waals surface area contributed by atoms with Crippen molar-refractivity contribution < 1.29 is 22.7 Å². The summed E-state index contributed by atoms with van der Waals surface area (Å²) in [5.41, 5.74) is 0.866. The Kier molecular flexibility index (Phi) is 6.69. The van der Waals surface area contributed by atoms with E-state index in [0.29, 0.717) is 43.7 Å². The first-order valence-corrected chi connectivity index (χ1v) is 11.4. The van der Waals surface area contributed by atoms with Crippen LogP contribution in [-0.2, 0) is 19.6 Å². The minimum atomic E-state index is -3.23. The molecule has 0 bridgehead atoms. The molecule has 2 aliphatic heterocycles. The van der Waals surface area contributed by atoms with Gasteiger partial charge in [-0.05, 0) is 37.8 Å². The summed E-state index contributed by atoms with van der Waals surface area (Å²) in [5, 5.41) is 5.71. The molecule has 28 heavy (non-hydrogen) atoms. The number of nitrogens with zero attached hydrogens (tertiary/aromatic N) is 1. The molecule has 0 aliphatic carbocycles. The van der Waals surface area contributed by atoms with Crippen LogP contribution in [0.1, 0.15) is 36.0 Å². The van der Waals surface area contributed by atoms with Gasteiger partial charge in [0.05, 0.1) is 23.6 Å². The number of ether oxygens (including phenoxy) is 1. The first-order chi connectivity index (χ1) is 13.3. The first-order valence-electron chi connectivity index (χ1n) is 9.59. The highest BCUT2D eigenvalue weighted by atomic mass is 32.2. The Hall–Kier alpha value is -1.97. The van der Waals surface area contributed by atoms with E-state index in [2.05, 4.69) is 10.6 Å². The lowest BCUT2D eigenvalue weighted by atomic mass is 9.97.